The number of anilines is 1. The van der Waals surface area contributed by atoms with E-state index in [1.54, 1.807) is 18.2 Å². The summed E-state index contributed by atoms with van der Waals surface area (Å²) in [5, 5.41) is 5.83. The summed E-state index contributed by atoms with van der Waals surface area (Å²) in [6.07, 6.45) is 0. The zero-order valence-electron chi connectivity index (χ0n) is 15.6. The number of carbonyl (C=O) groups is 1. The second-order valence-electron chi connectivity index (χ2n) is 6.05. The van der Waals surface area contributed by atoms with E-state index in [1.165, 1.54) is 7.11 Å². The van der Waals surface area contributed by atoms with E-state index in [-0.39, 0.29) is 11.0 Å². The second-order valence-corrected chi connectivity index (χ2v) is 7.38. The van der Waals surface area contributed by atoms with E-state index in [2.05, 4.69) is 26.6 Å². The zero-order chi connectivity index (χ0) is 20.6. The molecule has 29 heavy (non-hydrogen) atoms. The summed E-state index contributed by atoms with van der Waals surface area (Å²) < 4.78 is 11.8. The highest BCUT2D eigenvalue weighted by Crippen LogP contribution is 2.23. The van der Waals surface area contributed by atoms with Crippen LogP contribution in [0.4, 0.5) is 5.69 Å². The Balaban J connectivity index is 1.55. The molecule has 7 heteroatoms. The maximum Gasteiger partial charge on any atom is 0.261 e. The topological polar surface area (TPSA) is 59.6 Å². The van der Waals surface area contributed by atoms with Crippen molar-refractivity contribution in [2.24, 2.45) is 0 Å². The summed E-state index contributed by atoms with van der Waals surface area (Å²) in [6, 6.07) is 22.5. The largest absolute Gasteiger partial charge is 0.496 e. The predicted octanol–water partition coefficient (Wildman–Crippen LogP) is 5.16. The number of carbonyl (C=O) groups excluding carboxylic acids is 1. The van der Waals surface area contributed by atoms with Crippen molar-refractivity contribution in [2.75, 3.05) is 12.4 Å². The maximum atomic E-state index is 12.5. The van der Waals surface area contributed by atoms with Gasteiger partial charge in [-0.05, 0) is 60.2 Å². The maximum absolute atomic E-state index is 12.5. The molecule has 0 heterocycles. The first-order chi connectivity index (χ1) is 14.0. The monoisotopic (exact) mass is 470 g/mol. The fourth-order valence-electron chi connectivity index (χ4n) is 2.57. The minimum Gasteiger partial charge on any atom is -0.496 e. The molecule has 0 aliphatic carbocycles. The summed E-state index contributed by atoms with van der Waals surface area (Å²) in [6.45, 7) is 0.497. The molecule has 3 rings (SSSR count). The van der Waals surface area contributed by atoms with Gasteiger partial charge < -0.3 is 14.8 Å². The Morgan fingerprint density at radius 3 is 2.45 bits per heavy atom. The van der Waals surface area contributed by atoms with Gasteiger partial charge in [-0.1, -0.05) is 46.3 Å². The Labute approximate surface area is 183 Å². The molecule has 0 atom stereocenters. The van der Waals surface area contributed by atoms with Crippen LogP contribution in [0.15, 0.2) is 77.3 Å². The Bertz CT molecular complexity index is 995. The van der Waals surface area contributed by atoms with E-state index in [4.69, 9.17) is 21.7 Å². The lowest BCUT2D eigenvalue weighted by atomic mass is 10.2. The Morgan fingerprint density at radius 2 is 1.76 bits per heavy atom. The number of halogens is 1. The normalized spacial score (nSPS) is 10.1. The van der Waals surface area contributed by atoms with Crippen LogP contribution >= 0.6 is 28.1 Å². The second kappa shape index (κ2) is 10.0. The van der Waals surface area contributed by atoms with Crippen LogP contribution < -0.4 is 20.1 Å². The van der Waals surface area contributed by atoms with Gasteiger partial charge in [-0.25, -0.2) is 0 Å². The van der Waals surface area contributed by atoms with Gasteiger partial charge in [0.25, 0.3) is 5.91 Å². The molecule has 1 amide bonds. The van der Waals surface area contributed by atoms with Gasteiger partial charge in [0.2, 0.25) is 0 Å². The summed E-state index contributed by atoms with van der Waals surface area (Å²) in [4.78, 5) is 12.5. The molecule has 148 valence electrons. The highest BCUT2D eigenvalue weighted by molar-refractivity contribution is 9.10. The fraction of sp³-hybridized carbons (Fsp3) is 0.0909. The van der Waals surface area contributed by atoms with E-state index in [9.17, 15) is 4.79 Å². The van der Waals surface area contributed by atoms with Gasteiger partial charge >= 0.3 is 0 Å². The van der Waals surface area contributed by atoms with Crippen LogP contribution in [0.5, 0.6) is 11.5 Å². The molecule has 0 saturated carbocycles. The molecule has 0 aromatic heterocycles. The van der Waals surface area contributed by atoms with Crippen LogP contribution in [0.2, 0.25) is 0 Å². The molecule has 0 aliphatic rings. The van der Waals surface area contributed by atoms with Crippen molar-refractivity contribution >= 4 is 44.9 Å². The number of ether oxygens (including phenoxy) is 2. The predicted molar refractivity (Wildman–Crippen MR) is 122 cm³/mol. The van der Waals surface area contributed by atoms with Gasteiger partial charge in [0.05, 0.1) is 12.7 Å². The molecule has 0 fully saturated rings. The molecule has 0 bridgehead atoms. The Morgan fingerprint density at radius 1 is 1.03 bits per heavy atom. The first-order valence-corrected chi connectivity index (χ1v) is 9.98. The average Bonchev–Trinajstić information content (AvgIpc) is 2.74. The number of amides is 1. The van der Waals surface area contributed by atoms with Crippen molar-refractivity contribution in [1.82, 2.24) is 5.32 Å². The average molecular weight is 471 g/mol. The lowest BCUT2D eigenvalue weighted by Crippen LogP contribution is -2.34. The van der Waals surface area contributed by atoms with Crippen molar-refractivity contribution in [3.05, 3.63) is 88.4 Å². The number of hydrogen-bond acceptors (Lipinski definition) is 4. The molecular formula is C22H19BrN2O3S. The minimum absolute atomic E-state index is 0.190. The molecule has 2 N–H and O–H groups in total. The molecule has 0 aliphatic heterocycles. The van der Waals surface area contributed by atoms with E-state index in [1.807, 2.05) is 54.6 Å². The molecule has 0 unspecified atom stereocenters. The van der Waals surface area contributed by atoms with Crippen LogP contribution in [0.1, 0.15) is 15.9 Å². The van der Waals surface area contributed by atoms with Gasteiger partial charge in [-0.15, -0.1) is 0 Å². The van der Waals surface area contributed by atoms with Crippen molar-refractivity contribution in [3.8, 4) is 11.5 Å². The zero-order valence-corrected chi connectivity index (χ0v) is 18.0. The third-order valence-corrected chi connectivity index (χ3v) is 4.69. The number of rotatable bonds is 6. The quantitative estimate of drug-likeness (QED) is 0.487. The fourth-order valence-corrected chi connectivity index (χ4v) is 3.14. The number of hydrogen-bond donors (Lipinski definition) is 2. The van der Waals surface area contributed by atoms with E-state index >= 15 is 0 Å². The first kappa shape index (κ1) is 20.8. The van der Waals surface area contributed by atoms with Crippen LogP contribution in [-0.2, 0) is 6.61 Å². The van der Waals surface area contributed by atoms with Crippen molar-refractivity contribution in [2.45, 2.75) is 6.61 Å². The SMILES string of the molecule is COc1ccc(Br)cc1C(=O)NC(=S)Nc1ccc(OCc2ccccc2)cc1. The van der Waals surface area contributed by atoms with Crippen LogP contribution in [0, 0.1) is 0 Å². The van der Waals surface area contributed by atoms with E-state index in [0.29, 0.717) is 17.9 Å². The number of benzene rings is 3. The van der Waals surface area contributed by atoms with E-state index in [0.717, 1.165) is 21.5 Å². The molecule has 0 radical (unpaired) electrons. The van der Waals surface area contributed by atoms with Crippen LogP contribution in [0.3, 0.4) is 0 Å². The lowest BCUT2D eigenvalue weighted by Gasteiger charge is -2.12. The molecule has 0 spiro atoms. The van der Waals surface area contributed by atoms with Gasteiger partial charge in [-0.2, -0.15) is 0 Å². The number of thiocarbonyl (C=S) groups is 1. The minimum atomic E-state index is -0.358. The number of nitrogens with one attached hydrogen (secondary N) is 2. The third-order valence-electron chi connectivity index (χ3n) is 3.99. The summed E-state index contributed by atoms with van der Waals surface area (Å²) in [7, 11) is 1.51. The summed E-state index contributed by atoms with van der Waals surface area (Å²) >= 11 is 8.60. The highest BCUT2D eigenvalue weighted by Gasteiger charge is 2.14. The molecule has 0 saturated heterocycles. The third kappa shape index (κ3) is 6.04. The Kier molecular flexibility index (Phi) is 7.21. The van der Waals surface area contributed by atoms with Crippen LogP contribution in [0.25, 0.3) is 0 Å². The van der Waals surface area contributed by atoms with Gasteiger partial charge in [0.1, 0.15) is 18.1 Å². The van der Waals surface area contributed by atoms with Crippen molar-refractivity contribution in [1.29, 1.82) is 0 Å². The Hall–Kier alpha value is -2.90. The van der Waals surface area contributed by atoms with E-state index < -0.39 is 0 Å². The van der Waals surface area contributed by atoms with Crippen LogP contribution in [-0.4, -0.2) is 18.1 Å². The highest BCUT2D eigenvalue weighted by atomic mass is 79.9. The summed E-state index contributed by atoms with van der Waals surface area (Å²) in [5.74, 6) is 0.852. The summed E-state index contributed by atoms with van der Waals surface area (Å²) in [5.41, 5.74) is 2.22. The smallest absolute Gasteiger partial charge is 0.261 e. The van der Waals surface area contributed by atoms with Gasteiger partial charge in [0, 0.05) is 10.2 Å². The molecular weight excluding hydrogens is 452 g/mol. The van der Waals surface area contributed by atoms with Gasteiger partial charge in [0.15, 0.2) is 5.11 Å². The number of methoxy groups -OCH3 is 1. The molecule has 5 nitrogen and oxygen atoms in total. The van der Waals surface area contributed by atoms with Crippen molar-refractivity contribution in [3.63, 3.8) is 0 Å². The molecule has 3 aromatic rings. The van der Waals surface area contributed by atoms with Gasteiger partial charge in [-0.3, -0.25) is 10.1 Å². The lowest BCUT2D eigenvalue weighted by molar-refractivity contribution is 0.0974. The van der Waals surface area contributed by atoms with Crippen molar-refractivity contribution < 1.29 is 14.3 Å². The first-order valence-electron chi connectivity index (χ1n) is 8.78. The standard InChI is InChI=1S/C22H19BrN2O3S/c1-27-20-12-7-16(23)13-19(20)21(26)25-22(29)24-17-8-10-18(11-9-17)28-14-15-5-3-2-4-6-15/h2-13H,14H2,1H3,(H2,24,25,26,29). The molecule has 3 aromatic carbocycles.